The van der Waals surface area contributed by atoms with Crippen LogP contribution in [0.2, 0.25) is 0 Å². The lowest BCUT2D eigenvalue weighted by Crippen LogP contribution is -2.46. The number of fused-ring (bicyclic) bond motifs is 1. The Kier molecular flexibility index (Phi) is 7.20. The van der Waals surface area contributed by atoms with Crippen LogP contribution < -0.4 is 15.4 Å². The fourth-order valence-corrected chi connectivity index (χ4v) is 5.14. The van der Waals surface area contributed by atoms with Crippen LogP contribution in [-0.2, 0) is 4.79 Å². The predicted molar refractivity (Wildman–Crippen MR) is 143 cm³/mol. The van der Waals surface area contributed by atoms with Crippen molar-refractivity contribution in [2.75, 3.05) is 6.61 Å². The summed E-state index contributed by atoms with van der Waals surface area (Å²) in [6, 6.07) is 8.25. The van der Waals surface area contributed by atoms with Gasteiger partial charge in [0.1, 0.15) is 17.4 Å². The summed E-state index contributed by atoms with van der Waals surface area (Å²) < 4.78 is 6.20. The molecule has 2 amide bonds. The first-order chi connectivity index (χ1) is 17.8. The SMILES string of the molecule is Cc1ccc(OCC2CC2)c(-c2ccnc3c(C(=O)N[C@H]4CC[C@@H](NC(=O)[C@H](C)O)CC4)c(C)[nH]c23)c1. The maximum absolute atomic E-state index is 13.4. The van der Waals surface area contributed by atoms with Gasteiger partial charge in [-0.2, -0.15) is 0 Å². The Labute approximate surface area is 217 Å². The Hall–Kier alpha value is -3.39. The second kappa shape index (κ2) is 10.5. The molecule has 2 aliphatic carbocycles. The summed E-state index contributed by atoms with van der Waals surface area (Å²) >= 11 is 0. The Morgan fingerprint density at radius 1 is 1.05 bits per heavy atom. The van der Waals surface area contributed by atoms with Crippen molar-refractivity contribution >= 4 is 22.8 Å². The minimum Gasteiger partial charge on any atom is -0.493 e. The van der Waals surface area contributed by atoms with Crippen molar-refractivity contribution in [3.8, 4) is 16.9 Å². The number of aryl methyl sites for hydroxylation is 2. The number of pyridine rings is 1. The van der Waals surface area contributed by atoms with Gasteiger partial charge in [0.2, 0.25) is 5.91 Å². The molecule has 0 spiro atoms. The molecule has 2 fully saturated rings. The first kappa shape index (κ1) is 25.3. The van der Waals surface area contributed by atoms with Crippen LogP contribution in [0.1, 0.15) is 67.1 Å². The van der Waals surface area contributed by atoms with E-state index in [-0.39, 0.29) is 23.9 Å². The number of amides is 2. The number of aliphatic hydroxyl groups excluding tert-OH is 1. The maximum atomic E-state index is 13.4. The number of carbonyl (C=O) groups is 2. The Bertz CT molecular complexity index is 1300. The number of hydrogen-bond donors (Lipinski definition) is 4. The molecule has 37 heavy (non-hydrogen) atoms. The molecule has 4 N–H and O–H groups in total. The van der Waals surface area contributed by atoms with Crippen molar-refractivity contribution < 1.29 is 19.4 Å². The van der Waals surface area contributed by atoms with Gasteiger partial charge in [-0.25, -0.2) is 0 Å². The van der Waals surface area contributed by atoms with Crippen LogP contribution in [0.4, 0.5) is 0 Å². The van der Waals surface area contributed by atoms with Crippen molar-refractivity contribution in [1.82, 2.24) is 20.6 Å². The third-order valence-corrected chi connectivity index (χ3v) is 7.49. The van der Waals surface area contributed by atoms with Crippen molar-refractivity contribution in [3.05, 3.63) is 47.3 Å². The zero-order chi connectivity index (χ0) is 26.1. The van der Waals surface area contributed by atoms with E-state index in [1.165, 1.54) is 19.8 Å². The zero-order valence-electron chi connectivity index (χ0n) is 21.8. The van der Waals surface area contributed by atoms with Crippen molar-refractivity contribution in [1.29, 1.82) is 0 Å². The van der Waals surface area contributed by atoms with Crippen molar-refractivity contribution in [2.45, 2.75) is 77.5 Å². The van der Waals surface area contributed by atoms with E-state index in [4.69, 9.17) is 4.74 Å². The molecule has 196 valence electrons. The number of benzene rings is 1. The highest BCUT2D eigenvalue weighted by molar-refractivity contribution is 6.09. The van der Waals surface area contributed by atoms with Gasteiger partial charge >= 0.3 is 0 Å². The number of nitrogens with one attached hydrogen (secondary N) is 3. The fourth-order valence-electron chi connectivity index (χ4n) is 5.14. The number of ether oxygens (including phenoxy) is 1. The summed E-state index contributed by atoms with van der Waals surface area (Å²) in [5.74, 6) is 1.01. The Balaban J connectivity index is 1.35. The highest BCUT2D eigenvalue weighted by Gasteiger charge is 2.27. The lowest BCUT2D eigenvalue weighted by molar-refractivity contribution is -0.129. The molecule has 8 nitrogen and oxygen atoms in total. The van der Waals surface area contributed by atoms with Gasteiger partial charge < -0.3 is 25.5 Å². The topological polar surface area (TPSA) is 116 Å². The van der Waals surface area contributed by atoms with E-state index in [1.54, 1.807) is 6.20 Å². The molecule has 0 bridgehead atoms. The van der Waals surface area contributed by atoms with E-state index < -0.39 is 6.10 Å². The molecule has 3 aromatic rings. The number of rotatable bonds is 8. The van der Waals surface area contributed by atoms with Gasteiger partial charge in [-0.3, -0.25) is 14.6 Å². The Morgan fingerprint density at radius 2 is 1.76 bits per heavy atom. The zero-order valence-corrected chi connectivity index (χ0v) is 21.8. The smallest absolute Gasteiger partial charge is 0.255 e. The van der Waals surface area contributed by atoms with Gasteiger partial charge in [-0.05, 0) is 83.4 Å². The van der Waals surface area contributed by atoms with E-state index in [9.17, 15) is 14.7 Å². The Morgan fingerprint density at radius 3 is 2.43 bits per heavy atom. The number of H-pyrrole nitrogens is 1. The molecule has 2 aromatic heterocycles. The molecule has 0 unspecified atom stereocenters. The van der Waals surface area contributed by atoms with Crippen LogP contribution in [0.15, 0.2) is 30.5 Å². The molecule has 0 aliphatic heterocycles. The number of aliphatic hydroxyl groups is 1. The van der Waals surface area contributed by atoms with Crippen LogP contribution in [0.3, 0.4) is 0 Å². The molecule has 0 saturated heterocycles. The number of hydrogen-bond acceptors (Lipinski definition) is 5. The standard InChI is InChI=1S/C29H36N4O4/c1-16-4-11-24(37-15-19-5-6-19)23(14-16)22-12-13-30-27-25(17(2)31-26(22)27)29(36)33-21-9-7-20(8-10-21)32-28(35)18(3)34/h4,11-14,18-21,31,34H,5-10,15H2,1-3H3,(H,32,35)(H,33,36)/t18-,20-,21+/m0/s1. The van der Waals surface area contributed by atoms with E-state index in [0.717, 1.165) is 65.9 Å². The number of carbonyl (C=O) groups excluding carboxylic acids is 2. The highest BCUT2D eigenvalue weighted by Crippen LogP contribution is 2.38. The minimum absolute atomic E-state index is 0.0268. The largest absolute Gasteiger partial charge is 0.493 e. The van der Waals surface area contributed by atoms with Crippen LogP contribution in [0.25, 0.3) is 22.2 Å². The summed E-state index contributed by atoms with van der Waals surface area (Å²) in [5, 5.41) is 15.5. The van der Waals surface area contributed by atoms with E-state index in [2.05, 4.69) is 39.7 Å². The van der Waals surface area contributed by atoms with E-state index in [0.29, 0.717) is 17.0 Å². The molecule has 5 rings (SSSR count). The third kappa shape index (κ3) is 5.64. The lowest BCUT2D eigenvalue weighted by Gasteiger charge is -2.30. The summed E-state index contributed by atoms with van der Waals surface area (Å²) in [6.45, 7) is 6.16. The van der Waals surface area contributed by atoms with E-state index in [1.807, 2.05) is 19.1 Å². The molecule has 1 atom stereocenters. The molecule has 2 aliphatic rings. The summed E-state index contributed by atoms with van der Waals surface area (Å²) in [5.41, 5.74) is 5.93. The van der Waals surface area contributed by atoms with Gasteiger partial charge in [0.25, 0.3) is 5.91 Å². The third-order valence-electron chi connectivity index (χ3n) is 7.49. The van der Waals surface area contributed by atoms with Crippen LogP contribution in [-0.4, -0.2) is 51.7 Å². The number of aromatic amines is 1. The lowest BCUT2D eigenvalue weighted by atomic mass is 9.90. The van der Waals surface area contributed by atoms with Gasteiger partial charge in [0.15, 0.2) is 0 Å². The van der Waals surface area contributed by atoms with Gasteiger partial charge in [0.05, 0.1) is 17.7 Å². The molecule has 8 heteroatoms. The van der Waals surface area contributed by atoms with E-state index >= 15 is 0 Å². The first-order valence-corrected chi connectivity index (χ1v) is 13.3. The molecular weight excluding hydrogens is 468 g/mol. The molecule has 1 aromatic carbocycles. The van der Waals surface area contributed by atoms with Gasteiger partial charge in [0, 0.05) is 35.1 Å². The molecule has 2 saturated carbocycles. The average molecular weight is 505 g/mol. The highest BCUT2D eigenvalue weighted by atomic mass is 16.5. The molecule has 0 radical (unpaired) electrons. The summed E-state index contributed by atoms with van der Waals surface area (Å²) in [6.07, 6.45) is 6.25. The number of aromatic nitrogens is 2. The monoisotopic (exact) mass is 504 g/mol. The quantitative estimate of drug-likeness (QED) is 0.367. The minimum atomic E-state index is -1.01. The summed E-state index contributed by atoms with van der Waals surface area (Å²) in [4.78, 5) is 33.2. The predicted octanol–water partition coefficient (Wildman–Crippen LogP) is 4.17. The second-order valence-corrected chi connectivity index (χ2v) is 10.7. The van der Waals surface area contributed by atoms with Crippen LogP contribution in [0.5, 0.6) is 5.75 Å². The van der Waals surface area contributed by atoms with Crippen molar-refractivity contribution in [3.63, 3.8) is 0 Å². The first-order valence-electron chi connectivity index (χ1n) is 13.3. The molecular formula is C29H36N4O4. The fraction of sp³-hybridized carbons (Fsp3) is 0.483. The maximum Gasteiger partial charge on any atom is 0.255 e. The van der Waals surface area contributed by atoms with Crippen molar-refractivity contribution in [2.24, 2.45) is 5.92 Å². The average Bonchev–Trinajstić information content (AvgIpc) is 3.63. The van der Waals surface area contributed by atoms with Crippen LogP contribution >= 0.6 is 0 Å². The van der Waals surface area contributed by atoms with Crippen LogP contribution in [0, 0.1) is 19.8 Å². The molecule has 2 heterocycles. The second-order valence-electron chi connectivity index (χ2n) is 10.7. The number of nitrogens with zero attached hydrogens (tertiary/aromatic N) is 1. The van der Waals surface area contributed by atoms with Gasteiger partial charge in [-0.1, -0.05) is 11.6 Å². The van der Waals surface area contributed by atoms with Gasteiger partial charge in [-0.15, -0.1) is 0 Å². The summed E-state index contributed by atoms with van der Waals surface area (Å²) in [7, 11) is 0. The normalized spacial score (nSPS) is 20.4.